The van der Waals surface area contributed by atoms with Gasteiger partial charge < -0.3 is 5.32 Å². The van der Waals surface area contributed by atoms with Crippen LogP contribution in [-0.2, 0) is 9.84 Å². The van der Waals surface area contributed by atoms with Gasteiger partial charge in [-0.15, -0.1) is 0 Å². The highest BCUT2D eigenvalue weighted by Crippen LogP contribution is 2.20. The van der Waals surface area contributed by atoms with Gasteiger partial charge >= 0.3 is 6.18 Å². The lowest BCUT2D eigenvalue weighted by molar-refractivity contribution is -0.131. The molecule has 1 N–H and O–H groups in total. The van der Waals surface area contributed by atoms with Crippen molar-refractivity contribution in [3.8, 4) is 0 Å². The molecule has 0 bridgehead atoms. The Bertz CT molecular complexity index is 480. The van der Waals surface area contributed by atoms with Crippen LogP contribution in [0.1, 0.15) is 13.3 Å². The van der Waals surface area contributed by atoms with Gasteiger partial charge in [-0.25, -0.2) is 8.42 Å². The minimum absolute atomic E-state index is 0.00610. The number of sulfone groups is 1. The molecule has 0 fully saturated rings. The van der Waals surface area contributed by atoms with E-state index in [0.717, 1.165) is 0 Å². The molecule has 0 aliphatic carbocycles. The Balaban J connectivity index is 2.62. The van der Waals surface area contributed by atoms with E-state index in [1.807, 2.05) is 0 Å². The molecule has 18 heavy (non-hydrogen) atoms. The quantitative estimate of drug-likeness (QED) is 0.902. The lowest BCUT2D eigenvalue weighted by atomic mass is 10.3. The Morgan fingerprint density at radius 1 is 1.17 bits per heavy atom. The number of halogens is 3. The van der Waals surface area contributed by atoms with Crippen LogP contribution in [0, 0.1) is 0 Å². The third-order valence-electron chi connectivity index (χ3n) is 2.33. The van der Waals surface area contributed by atoms with E-state index in [1.165, 1.54) is 31.2 Å². The molecule has 0 radical (unpaired) electrons. The van der Waals surface area contributed by atoms with Gasteiger partial charge in [-0.1, -0.05) is 6.92 Å². The van der Waals surface area contributed by atoms with E-state index in [1.54, 1.807) is 0 Å². The lowest BCUT2D eigenvalue weighted by Gasteiger charge is -2.09. The van der Waals surface area contributed by atoms with Gasteiger partial charge in [0.1, 0.15) is 0 Å². The largest absolute Gasteiger partial charge is 0.390 e. The van der Waals surface area contributed by atoms with E-state index in [9.17, 15) is 21.6 Å². The molecule has 0 spiro atoms. The SMILES string of the molecule is CCS(=O)(=O)c1ccc(NCCC(F)(F)F)cc1. The van der Waals surface area contributed by atoms with Crippen molar-refractivity contribution in [3.05, 3.63) is 24.3 Å². The van der Waals surface area contributed by atoms with Gasteiger partial charge in [0.25, 0.3) is 0 Å². The summed E-state index contributed by atoms with van der Waals surface area (Å²) in [6.45, 7) is 1.30. The summed E-state index contributed by atoms with van der Waals surface area (Å²) in [5.74, 6) is -0.00610. The lowest BCUT2D eigenvalue weighted by Crippen LogP contribution is -2.14. The summed E-state index contributed by atoms with van der Waals surface area (Å²) in [7, 11) is -3.27. The second-order valence-electron chi connectivity index (χ2n) is 3.72. The molecule has 0 aliphatic rings. The Morgan fingerprint density at radius 3 is 2.17 bits per heavy atom. The fraction of sp³-hybridized carbons (Fsp3) is 0.455. The van der Waals surface area contributed by atoms with Crippen molar-refractivity contribution < 1.29 is 21.6 Å². The molecule has 0 aliphatic heterocycles. The van der Waals surface area contributed by atoms with Crippen LogP contribution < -0.4 is 5.32 Å². The summed E-state index contributed by atoms with van der Waals surface area (Å²) in [6, 6.07) is 5.68. The Morgan fingerprint density at radius 2 is 1.72 bits per heavy atom. The predicted octanol–water partition coefficient (Wildman–Crippen LogP) is 2.84. The molecular formula is C11H14F3NO2S. The van der Waals surface area contributed by atoms with Crippen LogP contribution >= 0.6 is 0 Å². The maximum Gasteiger partial charge on any atom is 0.390 e. The molecular weight excluding hydrogens is 267 g/mol. The average molecular weight is 281 g/mol. The Hall–Kier alpha value is -1.24. The van der Waals surface area contributed by atoms with Gasteiger partial charge in [-0.05, 0) is 24.3 Å². The van der Waals surface area contributed by atoms with Gasteiger partial charge in [0.15, 0.2) is 9.84 Å². The molecule has 1 aromatic rings. The van der Waals surface area contributed by atoms with Crippen LogP contribution in [0.4, 0.5) is 18.9 Å². The molecule has 102 valence electrons. The van der Waals surface area contributed by atoms with Crippen LogP contribution in [0.3, 0.4) is 0 Å². The Labute approximate surface area is 104 Å². The molecule has 0 saturated heterocycles. The molecule has 7 heteroatoms. The zero-order chi connectivity index (χ0) is 13.8. The molecule has 0 aromatic heterocycles. The third-order valence-corrected chi connectivity index (χ3v) is 4.08. The zero-order valence-electron chi connectivity index (χ0n) is 9.79. The zero-order valence-corrected chi connectivity index (χ0v) is 10.6. The number of hydrogen-bond acceptors (Lipinski definition) is 3. The first kappa shape index (κ1) is 14.8. The van der Waals surface area contributed by atoms with Crippen LogP contribution in [0.5, 0.6) is 0 Å². The Kier molecular flexibility index (Phi) is 4.61. The number of hydrogen-bond donors (Lipinski definition) is 1. The number of rotatable bonds is 5. The van der Waals surface area contributed by atoms with E-state index < -0.39 is 22.4 Å². The van der Waals surface area contributed by atoms with Crippen LogP contribution in [-0.4, -0.2) is 26.9 Å². The first-order valence-corrected chi connectivity index (χ1v) is 7.03. The van der Waals surface area contributed by atoms with Gasteiger partial charge in [0.05, 0.1) is 17.1 Å². The average Bonchev–Trinajstić information content (AvgIpc) is 2.28. The number of alkyl halides is 3. The topological polar surface area (TPSA) is 46.2 Å². The predicted molar refractivity (Wildman–Crippen MR) is 63.3 cm³/mol. The molecule has 3 nitrogen and oxygen atoms in total. The van der Waals surface area contributed by atoms with E-state index >= 15 is 0 Å². The standard InChI is InChI=1S/C11H14F3NO2S/c1-2-18(16,17)10-5-3-9(4-6-10)15-8-7-11(12,13)14/h3-6,15H,2,7-8H2,1H3. The first-order chi connectivity index (χ1) is 8.24. The molecule has 0 saturated carbocycles. The van der Waals surface area contributed by atoms with Crippen molar-refractivity contribution in [2.24, 2.45) is 0 Å². The molecule has 0 atom stereocenters. The number of nitrogens with one attached hydrogen (secondary N) is 1. The minimum Gasteiger partial charge on any atom is -0.385 e. The molecule has 1 aromatic carbocycles. The van der Waals surface area contributed by atoms with Gasteiger partial charge in [0.2, 0.25) is 0 Å². The second-order valence-corrected chi connectivity index (χ2v) is 6.00. The molecule has 1 rings (SSSR count). The van der Waals surface area contributed by atoms with Crippen molar-refractivity contribution in [3.63, 3.8) is 0 Å². The van der Waals surface area contributed by atoms with Crippen molar-refractivity contribution in [2.75, 3.05) is 17.6 Å². The van der Waals surface area contributed by atoms with E-state index in [2.05, 4.69) is 5.32 Å². The number of anilines is 1. The minimum atomic E-state index is -4.20. The normalized spacial score (nSPS) is 12.4. The van der Waals surface area contributed by atoms with Crippen LogP contribution in [0.2, 0.25) is 0 Å². The van der Waals surface area contributed by atoms with Gasteiger partial charge in [-0.2, -0.15) is 13.2 Å². The summed E-state index contributed by atoms with van der Waals surface area (Å²) in [6.07, 6.45) is -5.12. The highest BCUT2D eigenvalue weighted by Gasteiger charge is 2.26. The monoisotopic (exact) mass is 281 g/mol. The second kappa shape index (κ2) is 5.60. The fourth-order valence-corrected chi connectivity index (χ4v) is 2.18. The summed E-state index contributed by atoms with van der Waals surface area (Å²) >= 11 is 0. The summed E-state index contributed by atoms with van der Waals surface area (Å²) in [4.78, 5) is 0.173. The molecule has 0 amide bonds. The highest BCUT2D eigenvalue weighted by molar-refractivity contribution is 7.91. The van der Waals surface area contributed by atoms with Crippen molar-refractivity contribution in [1.82, 2.24) is 0 Å². The molecule has 0 heterocycles. The van der Waals surface area contributed by atoms with Crippen molar-refractivity contribution in [1.29, 1.82) is 0 Å². The van der Waals surface area contributed by atoms with E-state index in [-0.39, 0.29) is 17.2 Å². The maximum absolute atomic E-state index is 11.9. The summed E-state index contributed by atoms with van der Waals surface area (Å²) in [5, 5.41) is 2.58. The van der Waals surface area contributed by atoms with Crippen molar-refractivity contribution in [2.45, 2.75) is 24.4 Å². The summed E-state index contributed by atoms with van der Waals surface area (Å²) in [5.41, 5.74) is 0.467. The van der Waals surface area contributed by atoms with E-state index in [4.69, 9.17) is 0 Å². The molecule has 0 unspecified atom stereocenters. The number of benzene rings is 1. The van der Waals surface area contributed by atoms with Gasteiger partial charge in [-0.3, -0.25) is 0 Å². The fourth-order valence-electron chi connectivity index (χ4n) is 1.30. The smallest absolute Gasteiger partial charge is 0.385 e. The third kappa shape index (κ3) is 4.56. The van der Waals surface area contributed by atoms with Crippen molar-refractivity contribution >= 4 is 15.5 Å². The maximum atomic E-state index is 11.9. The van der Waals surface area contributed by atoms with Gasteiger partial charge in [0, 0.05) is 12.2 Å². The van der Waals surface area contributed by atoms with Crippen LogP contribution in [0.15, 0.2) is 29.2 Å². The highest BCUT2D eigenvalue weighted by atomic mass is 32.2. The summed E-state index contributed by atoms with van der Waals surface area (Å²) < 4.78 is 58.7. The first-order valence-electron chi connectivity index (χ1n) is 5.38. The van der Waals surface area contributed by atoms with E-state index in [0.29, 0.717) is 5.69 Å². The van der Waals surface area contributed by atoms with Crippen LogP contribution in [0.25, 0.3) is 0 Å².